The molecule has 0 N–H and O–H groups in total. The van der Waals surface area contributed by atoms with E-state index in [-0.39, 0.29) is 0 Å². The van der Waals surface area contributed by atoms with Gasteiger partial charge in [-0.1, -0.05) is 46.0 Å². The zero-order chi connectivity index (χ0) is 9.23. The first kappa shape index (κ1) is 11.7. The molecule has 0 saturated heterocycles. The number of carbonyl (C=O) groups excluding carboxylic acids is 1. The predicted octanol–water partition coefficient (Wildman–Crippen LogP) is 3.39. The summed E-state index contributed by atoms with van der Waals surface area (Å²) in [5.74, 6) is 0.319. The van der Waals surface area contributed by atoms with Gasteiger partial charge in [0.1, 0.15) is 6.29 Å². The van der Waals surface area contributed by atoms with Crippen LogP contribution in [0, 0.1) is 12.8 Å². The second-order valence-electron chi connectivity index (χ2n) is 3.39. The standard InChI is InChI=1S/C11H21O/c1-3-5-6-7-9-11(10-12)8-4-2/h10-11H,1,3-9H2,2H3. The van der Waals surface area contributed by atoms with Crippen molar-refractivity contribution in [2.45, 2.75) is 51.9 Å². The molecule has 0 aromatic heterocycles. The molecule has 0 aromatic carbocycles. The van der Waals surface area contributed by atoms with E-state index < -0.39 is 0 Å². The maximum atomic E-state index is 10.5. The normalized spacial score (nSPS) is 12.8. The van der Waals surface area contributed by atoms with E-state index in [0.29, 0.717) is 5.92 Å². The highest BCUT2D eigenvalue weighted by Gasteiger charge is 2.04. The zero-order valence-electron chi connectivity index (χ0n) is 8.22. The molecule has 0 aliphatic rings. The fraction of sp³-hybridized carbons (Fsp3) is 0.818. The van der Waals surface area contributed by atoms with Gasteiger partial charge in [-0.25, -0.2) is 0 Å². The molecule has 0 aromatic rings. The van der Waals surface area contributed by atoms with Gasteiger partial charge in [0.25, 0.3) is 0 Å². The largest absolute Gasteiger partial charge is 0.303 e. The highest BCUT2D eigenvalue weighted by molar-refractivity contribution is 5.53. The molecular weight excluding hydrogens is 148 g/mol. The van der Waals surface area contributed by atoms with E-state index in [9.17, 15) is 4.79 Å². The summed E-state index contributed by atoms with van der Waals surface area (Å²) >= 11 is 0. The van der Waals surface area contributed by atoms with Gasteiger partial charge in [-0.15, -0.1) is 0 Å². The van der Waals surface area contributed by atoms with Gasteiger partial charge in [0.05, 0.1) is 0 Å². The third-order valence-corrected chi connectivity index (χ3v) is 2.18. The van der Waals surface area contributed by atoms with Crippen LogP contribution in [0.4, 0.5) is 0 Å². The third-order valence-electron chi connectivity index (χ3n) is 2.18. The van der Waals surface area contributed by atoms with Crippen molar-refractivity contribution in [3.63, 3.8) is 0 Å². The van der Waals surface area contributed by atoms with Crippen LogP contribution in [0.25, 0.3) is 0 Å². The lowest BCUT2D eigenvalue weighted by atomic mass is 9.98. The first-order valence-corrected chi connectivity index (χ1v) is 5.09. The van der Waals surface area contributed by atoms with Crippen LogP contribution in [0.2, 0.25) is 0 Å². The summed E-state index contributed by atoms with van der Waals surface area (Å²) in [6.07, 6.45) is 9.05. The summed E-state index contributed by atoms with van der Waals surface area (Å²) in [5.41, 5.74) is 0. The number of hydrogen-bond acceptors (Lipinski definition) is 1. The number of carbonyl (C=O) groups is 1. The van der Waals surface area contributed by atoms with Gasteiger partial charge < -0.3 is 4.79 Å². The van der Waals surface area contributed by atoms with E-state index >= 15 is 0 Å². The second kappa shape index (κ2) is 8.76. The van der Waals surface area contributed by atoms with E-state index in [1.54, 1.807) is 0 Å². The SMILES string of the molecule is [CH2]CCCCCC(C=O)CCC. The molecule has 0 rings (SSSR count). The van der Waals surface area contributed by atoms with Gasteiger partial charge in [-0.2, -0.15) is 0 Å². The minimum Gasteiger partial charge on any atom is -0.303 e. The van der Waals surface area contributed by atoms with Crippen molar-refractivity contribution in [2.75, 3.05) is 0 Å². The number of unbranched alkanes of at least 4 members (excludes halogenated alkanes) is 3. The number of rotatable bonds is 8. The lowest BCUT2D eigenvalue weighted by Gasteiger charge is -2.07. The summed E-state index contributed by atoms with van der Waals surface area (Å²) < 4.78 is 0. The fourth-order valence-corrected chi connectivity index (χ4v) is 1.41. The number of hydrogen-bond donors (Lipinski definition) is 0. The lowest BCUT2D eigenvalue weighted by molar-refractivity contribution is -0.111. The molecule has 0 bridgehead atoms. The van der Waals surface area contributed by atoms with Gasteiger partial charge in [-0.3, -0.25) is 0 Å². The average molecular weight is 169 g/mol. The monoisotopic (exact) mass is 169 g/mol. The Morgan fingerprint density at radius 1 is 1.25 bits per heavy atom. The number of aldehydes is 1. The van der Waals surface area contributed by atoms with Crippen molar-refractivity contribution in [3.8, 4) is 0 Å². The van der Waals surface area contributed by atoms with Crippen molar-refractivity contribution in [3.05, 3.63) is 6.92 Å². The zero-order valence-corrected chi connectivity index (χ0v) is 8.22. The maximum Gasteiger partial charge on any atom is 0.123 e. The Bertz CT molecular complexity index is 99.2. The van der Waals surface area contributed by atoms with E-state index in [1.165, 1.54) is 19.3 Å². The first-order valence-electron chi connectivity index (χ1n) is 5.09. The lowest BCUT2D eigenvalue weighted by Crippen LogP contribution is -2.00. The van der Waals surface area contributed by atoms with E-state index in [0.717, 1.165) is 32.0 Å². The van der Waals surface area contributed by atoms with Crippen molar-refractivity contribution in [1.82, 2.24) is 0 Å². The van der Waals surface area contributed by atoms with Crippen LogP contribution >= 0.6 is 0 Å². The molecule has 1 radical (unpaired) electrons. The Kier molecular flexibility index (Phi) is 8.52. The Balaban J connectivity index is 3.25. The molecular formula is C11H21O. The van der Waals surface area contributed by atoms with E-state index in [1.807, 2.05) is 0 Å². The van der Waals surface area contributed by atoms with Gasteiger partial charge in [0.2, 0.25) is 0 Å². The maximum absolute atomic E-state index is 10.5. The minimum atomic E-state index is 0.319. The summed E-state index contributed by atoms with van der Waals surface area (Å²) in [4.78, 5) is 10.5. The first-order chi connectivity index (χ1) is 5.85. The fourth-order valence-electron chi connectivity index (χ4n) is 1.41. The Morgan fingerprint density at radius 3 is 2.50 bits per heavy atom. The molecule has 12 heavy (non-hydrogen) atoms. The molecule has 1 unspecified atom stereocenters. The van der Waals surface area contributed by atoms with Crippen molar-refractivity contribution in [2.24, 2.45) is 5.92 Å². The van der Waals surface area contributed by atoms with Gasteiger partial charge >= 0.3 is 0 Å². The predicted molar refractivity (Wildman–Crippen MR) is 52.9 cm³/mol. The van der Waals surface area contributed by atoms with Crippen molar-refractivity contribution in [1.29, 1.82) is 0 Å². The van der Waals surface area contributed by atoms with Crippen LogP contribution in [-0.4, -0.2) is 6.29 Å². The molecule has 1 atom stereocenters. The Morgan fingerprint density at radius 2 is 2.00 bits per heavy atom. The molecule has 0 heterocycles. The van der Waals surface area contributed by atoms with Crippen molar-refractivity contribution < 1.29 is 4.79 Å². The van der Waals surface area contributed by atoms with Crippen LogP contribution < -0.4 is 0 Å². The molecule has 1 heteroatoms. The summed E-state index contributed by atoms with van der Waals surface area (Å²) in [7, 11) is 0. The van der Waals surface area contributed by atoms with E-state index in [4.69, 9.17) is 0 Å². The van der Waals surface area contributed by atoms with Crippen LogP contribution in [0.3, 0.4) is 0 Å². The summed E-state index contributed by atoms with van der Waals surface area (Å²) in [6.45, 7) is 5.92. The third kappa shape index (κ3) is 6.38. The highest BCUT2D eigenvalue weighted by atomic mass is 16.1. The van der Waals surface area contributed by atoms with Gasteiger partial charge in [0.15, 0.2) is 0 Å². The summed E-state index contributed by atoms with van der Waals surface area (Å²) in [5, 5.41) is 0. The minimum absolute atomic E-state index is 0.319. The van der Waals surface area contributed by atoms with Crippen LogP contribution in [0.1, 0.15) is 51.9 Å². The second-order valence-corrected chi connectivity index (χ2v) is 3.39. The Hall–Kier alpha value is -0.330. The van der Waals surface area contributed by atoms with Crippen molar-refractivity contribution >= 4 is 6.29 Å². The smallest absolute Gasteiger partial charge is 0.123 e. The molecule has 0 amide bonds. The molecule has 0 fully saturated rings. The van der Waals surface area contributed by atoms with Gasteiger partial charge in [-0.05, 0) is 12.8 Å². The van der Waals surface area contributed by atoms with Crippen LogP contribution in [0.5, 0.6) is 0 Å². The summed E-state index contributed by atoms with van der Waals surface area (Å²) in [6, 6.07) is 0. The van der Waals surface area contributed by atoms with Gasteiger partial charge in [0, 0.05) is 5.92 Å². The quantitative estimate of drug-likeness (QED) is 0.402. The Labute approximate surface area is 76.6 Å². The van der Waals surface area contributed by atoms with Crippen LogP contribution in [0.15, 0.2) is 0 Å². The molecule has 0 saturated carbocycles. The van der Waals surface area contributed by atoms with E-state index in [2.05, 4.69) is 13.8 Å². The molecule has 1 nitrogen and oxygen atoms in total. The molecule has 0 aliphatic carbocycles. The van der Waals surface area contributed by atoms with Crippen LogP contribution in [-0.2, 0) is 4.79 Å². The highest BCUT2D eigenvalue weighted by Crippen LogP contribution is 2.13. The molecule has 0 spiro atoms. The average Bonchev–Trinajstić information content (AvgIpc) is 2.10. The molecule has 0 aliphatic heterocycles. The molecule has 71 valence electrons. The topological polar surface area (TPSA) is 17.1 Å².